The number of nitrogens with zero attached hydrogens (tertiary/aromatic N) is 1. The number of carbonyl (C=O) groups is 2. The van der Waals surface area contributed by atoms with Crippen molar-refractivity contribution < 1.29 is 18.7 Å². The Morgan fingerprint density at radius 3 is 2.78 bits per heavy atom. The average molecular weight is 389 g/mol. The monoisotopic (exact) mass is 389 g/mol. The molecule has 3 heterocycles. The number of esters is 1. The summed E-state index contributed by atoms with van der Waals surface area (Å²) in [4.78, 5) is 28.3. The number of ether oxygens (including phenoxy) is 1. The van der Waals surface area contributed by atoms with Crippen molar-refractivity contribution in [1.82, 2.24) is 15.5 Å². The van der Waals surface area contributed by atoms with Gasteiger partial charge in [-0.2, -0.15) is 0 Å². The highest BCUT2D eigenvalue weighted by Gasteiger charge is 2.35. The number of urea groups is 1. The number of likely N-dealkylation sites (N-methyl/N-ethyl adjacent to an activating group) is 1. The minimum atomic E-state index is -0.678. The minimum Gasteiger partial charge on any atom is -0.467 e. The molecule has 0 radical (unpaired) electrons. The van der Waals surface area contributed by atoms with E-state index in [4.69, 9.17) is 9.15 Å². The van der Waals surface area contributed by atoms with Crippen molar-refractivity contribution in [3.05, 3.63) is 57.8 Å². The third-order valence-corrected chi connectivity index (χ3v) is 5.13. The molecule has 0 unspecified atom stereocenters. The maximum Gasteiger partial charge on any atom is 0.338 e. The van der Waals surface area contributed by atoms with Crippen LogP contribution in [0.3, 0.4) is 0 Å². The summed E-state index contributed by atoms with van der Waals surface area (Å²) in [6.45, 7) is 5.98. The molecule has 0 aromatic carbocycles. The molecule has 0 saturated heterocycles. The molecule has 0 fully saturated rings. The van der Waals surface area contributed by atoms with Crippen LogP contribution in [0.1, 0.15) is 30.5 Å². The Labute approximate surface area is 162 Å². The van der Waals surface area contributed by atoms with Gasteiger partial charge < -0.3 is 19.8 Å². The summed E-state index contributed by atoms with van der Waals surface area (Å²) in [7, 11) is 0. The number of amides is 2. The van der Waals surface area contributed by atoms with Crippen LogP contribution in [0.25, 0.3) is 0 Å². The molecule has 1 atom stereocenters. The van der Waals surface area contributed by atoms with Crippen LogP contribution in [0.4, 0.5) is 4.79 Å². The number of thiophene rings is 1. The number of rotatable bonds is 8. The molecule has 27 heavy (non-hydrogen) atoms. The molecule has 0 spiro atoms. The number of furan rings is 1. The highest BCUT2D eigenvalue weighted by atomic mass is 32.1. The maximum absolute atomic E-state index is 12.7. The summed E-state index contributed by atoms with van der Waals surface area (Å²) in [5.41, 5.74) is 0.910. The molecule has 8 heteroatoms. The van der Waals surface area contributed by atoms with Crippen molar-refractivity contribution >= 4 is 23.3 Å². The summed E-state index contributed by atoms with van der Waals surface area (Å²) in [5.74, 6) is 0.0280. The molecule has 1 aliphatic heterocycles. The van der Waals surface area contributed by atoms with E-state index in [9.17, 15) is 9.59 Å². The van der Waals surface area contributed by atoms with Crippen molar-refractivity contribution in [1.29, 1.82) is 0 Å². The van der Waals surface area contributed by atoms with Crippen molar-refractivity contribution in [2.45, 2.75) is 26.4 Å². The van der Waals surface area contributed by atoms with E-state index in [2.05, 4.69) is 21.6 Å². The standard InChI is InChI=1S/C19H23N3O4S/c1-3-22(11-13-7-6-10-27-13)12-14-16(18(23)25-4-2)17(21-19(24)20-14)15-8-5-9-26-15/h5-10,17H,3-4,11-12H2,1-2H3,(H2,20,21,24)/t17-/m0/s1. The predicted octanol–water partition coefficient (Wildman–Crippen LogP) is 3.03. The summed E-state index contributed by atoms with van der Waals surface area (Å²) < 4.78 is 10.7. The largest absolute Gasteiger partial charge is 0.467 e. The highest BCUT2D eigenvalue weighted by molar-refractivity contribution is 7.09. The van der Waals surface area contributed by atoms with Crippen molar-refractivity contribution in [2.75, 3.05) is 19.7 Å². The Morgan fingerprint density at radius 1 is 1.30 bits per heavy atom. The first kappa shape index (κ1) is 19.2. The van der Waals surface area contributed by atoms with Crippen molar-refractivity contribution in [2.24, 2.45) is 0 Å². The second-order valence-electron chi connectivity index (χ2n) is 6.04. The van der Waals surface area contributed by atoms with Gasteiger partial charge in [0.25, 0.3) is 0 Å². The second kappa shape index (κ2) is 8.88. The summed E-state index contributed by atoms with van der Waals surface area (Å²) >= 11 is 1.68. The topological polar surface area (TPSA) is 83.8 Å². The van der Waals surface area contributed by atoms with Crippen LogP contribution in [0.2, 0.25) is 0 Å². The van der Waals surface area contributed by atoms with Gasteiger partial charge in [0.05, 0.1) is 18.4 Å². The van der Waals surface area contributed by atoms with E-state index in [-0.39, 0.29) is 12.6 Å². The Hall–Kier alpha value is -2.58. The van der Waals surface area contributed by atoms with E-state index >= 15 is 0 Å². The normalized spacial score (nSPS) is 17.0. The van der Waals surface area contributed by atoms with Crippen LogP contribution in [0.15, 0.2) is 51.6 Å². The van der Waals surface area contributed by atoms with Gasteiger partial charge >= 0.3 is 12.0 Å². The van der Waals surface area contributed by atoms with Crippen LogP contribution >= 0.6 is 11.3 Å². The molecule has 1 aliphatic rings. The first-order valence-corrected chi connectivity index (χ1v) is 9.76. The van der Waals surface area contributed by atoms with Gasteiger partial charge in [-0.3, -0.25) is 4.90 Å². The smallest absolute Gasteiger partial charge is 0.338 e. The predicted molar refractivity (Wildman–Crippen MR) is 102 cm³/mol. The van der Waals surface area contributed by atoms with Crippen LogP contribution in [-0.2, 0) is 16.1 Å². The van der Waals surface area contributed by atoms with Crippen LogP contribution in [0, 0.1) is 0 Å². The van der Waals surface area contributed by atoms with E-state index in [1.807, 2.05) is 18.4 Å². The van der Waals surface area contributed by atoms with Crippen LogP contribution in [-0.4, -0.2) is 36.6 Å². The Morgan fingerprint density at radius 2 is 2.15 bits per heavy atom. The van der Waals surface area contributed by atoms with Gasteiger partial charge in [0.2, 0.25) is 0 Å². The van der Waals surface area contributed by atoms with Gasteiger partial charge in [0.15, 0.2) is 0 Å². The fraction of sp³-hybridized carbons (Fsp3) is 0.368. The van der Waals surface area contributed by atoms with Gasteiger partial charge in [-0.15, -0.1) is 11.3 Å². The maximum atomic E-state index is 12.7. The van der Waals surface area contributed by atoms with Crippen molar-refractivity contribution in [3.63, 3.8) is 0 Å². The van der Waals surface area contributed by atoms with E-state index in [0.29, 0.717) is 23.6 Å². The number of hydrogen-bond donors (Lipinski definition) is 2. The molecule has 144 valence electrons. The minimum absolute atomic E-state index is 0.251. The van der Waals surface area contributed by atoms with Gasteiger partial charge in [-0.05, 0) is 37.0 Å². The lowest BCUT2D eigenvalue weighted by Crippen LogP contribution is -2.48. The van der Waals surface area contributed by atoms with Crippen LogP contribution < -0.4 is 10.6 Å². The molecule has 0 aliphatic carbocycles. The van der Waals surface area contributed by atoms with E-state index in [0.717, 1.165) is 13.1 Å². The second-order valence-corrected chi connectivity index (χ2v) is 7.07. The van der Waals surface area contributed by atoms with Crippen molar-refractivity contribution in [3.8, 4) is 0 Å². The zero-order chi connectivity index (χ0) is 19.2. The lowest BCUT2D eigenvalue weighted by molar-refractivity contribution is -0.139. The molecule has 2 amide bonds. The molecule has 2 aromatic rings. The first-order chi connectivity index (χ1) is 13.1. The summed E-state index contributed by atoms with van der Waals surface area (Å²) in [6, 6.07) is 6.49. The van der Waals surface area contributed by atoms with Crippen LogP contribution in [0.5, 0.6) is 0 Å². The molecule has 7 nitrogen and oxygen atoms in total. The molecule has 2 aromatic heterocycles. The van der Waals surface area contributed by atoms with E-state index < -0.39 is 12.0 Å². The lowest BCUT2D eigenvalue weighted by Gasteiger charge is -2.30. The number of nitrogens with one attached hydrogen (secondary N) is 2. The molecule has 0 saturated carbocycles. The number of carbonyl (C=O) groups excluding carboxylic acids is 2. The molecule has 2 N–H and O–H groups in total. The van der Waals surface area contributed by atoms with E-state index in [1.54, 1.807) is 30.4 Å². The summed E-state index contributed by atoms with van der Waals surface area (Å²) in [6.07, 6.45) is 1.51. The molecule has 3 rings (SSSR count). The SMILES string of the molecule is CCOC(=O)C1=C(CN(CC)Cc2cccs2)NC(=O)N[C@H]1c1ccco1. The van der Waals surface area contributed by atoms with Gasteiger partial charge in [-0.25, -0.2) is 9.59 Å². The molecule has 0 bridgehead atoms. The first-order valence-electron chi connectivity index (χ1n) is 8.88. The van der Waals surface area contributed by atoms with Gasteiger partial charge in [0.1, 0.15) is 11.8 Å². The fourth-order valence-corrected chi connectivity index (χ4v) is 3.73. The van der Waals surface area contributed by atoms with Gasteiger partial charge in [0, 0.05) is 23.7 Å². The average Bonchev–Trinajstić information content (AvgIpc) is 3.34. The number of hydrogen-bond acceptors (Lipinski definition) is 6. The fourth-order valence-electron chi connectivity index (χ4n) is 2.99. The zero-order valence-electron chi connectivity index (χ0n) is 15.4. The van der Waals surface area contributed by atoms with E-state index in [1.165, 1.54) is 11.1 Å². The zero-order valence-corrected chi connectivity index (χ0v) is 16.2. The Balaban J connectivity index is 1.93. The molecular formula is C19H23N3O4S. The third kappa shape index (κ3) is 4.58. The van der Waals surface area contributed by atoms with Gasteiger partial charge in [-0.1, -0.05) is 13.0 Å². The lowest BCUT2D eigenvalue weighted by atomic mass is 10.00. The molecular weight excluding hydrogens is 366 g/mol. The Bertz CT molecular complexity index is 799. The quantitative estimate of drug-likeness (QED) is 0.678. The summed E-state index contributed by atoms with van der Waals surface area (Å²) in [5, 5.41) is 7.58. The Kier molecular flexibility index (Phi) is 6.31. The highest BCUT2D eigenvalue weighted by Crippen LogP contribution is 2.28. The third-order valence-electron chi connectivity index (χ3n) is 4.27.